The number of hydrogen-bond acceptors (Lipinski definition) is 5. The van der Waals surface area contributed by atoms with Gasteiger partial charge in [-0.15, -0.1) is 0 Å². The van der Waals surface area contributed by atoms with Gasteiger partial charge in [0, 0.05) is 11.3 Å². The summed E-state index contributed by atoms with van der Waals surface area (Å²) in [5.41, 5.74) is 0.287. The van der Waals surface area contributed by atoms with E-state index in [1.54, 1.807) is 20.8 Å². The zero-order valence-electron chi connectivity index (χ0n) is 16.1. The number of halogens is 1. The van der Waals surface area contributed by atoms with Crippen LogP contribution in [0.3, 0.4) is 0 Å². The molecule has 1 N–H and O–H groups in total. The van der Waals surface area contributed by atoms with Crippen molar-refractivity contribution in [3.8, 4) is 0 Å². The quantitative estimate of drug-likeness (QED) is 0.599. The highest BCUT2D eigenvalue weighted by Crippen LogP contribution is 2.15. The van der Waals surface area contributed by atoms with Gasteiger partial charge in [-0.05, 0) is 76.2 Å². The van der Waals surface area contributed by atoms with Gasteiger partial charge in [0.1, 0.15) is 11.4 Å². The van der Waals surface area contributed by atoms with Crippen LogP contribution in [0, 0.1) is 5.82 Å². The Kier molecular flexibility index (Phi) is 6.51. The van der Waals surface area contributed by atoms with Crippen LogP contribution in [-0.2, 0) is 9.47 Å². The molecule has 6 nitrogen and oxygen atoms in total. The summed E-state index contributed by atoms with van der Waals surface area (Å²) in [6.45, 7) is 6.70. The van der Waals surface area contributed by atoms with E-state index in [1.807, 2.05) is 0 Å². The van der Waals surface area contributed by atoms with Crippen molar-refractivity contribution in [3.63, 3.8) is 0 Å². The number of carbonyl (C=O) groups excluding carboxylic acids is 3. The maximum atomic E-state index is 12.9. The highest BCUT2D eigenvalue weighted by Gasteiger charge is 2.21. The van der Waals surface area contributed by atoms with Crippen LogP contribution in [0.4, 0.5) is 14.9 Å². The SMILES string of the molecule is C[C@@H](OC(=O)c1ccc(NC(=O)OC(C)(C)C)cc1)C(=O)c1ccc(F)cc1. The van der Waals surface area contributed by atoms with Crippen molar-refractivity contribution < 1.29 is 28.2 Å². The van der Waals surface area contributed by atoms with Gasteiger partial charge in [0.05, 0.1) is 5.56 Å². The minimum Gasteiger partial charge on any atom is -0.451 e. The molecule has 0 fully saturated rings. The predicted molar refractivity (Wildman–Crippen MR) is 102 cm³/mol. The van der Waals surface area contributed by atoms with Gasteiger partial charge in [0.15, 0.2) is 6.10 Å². The number of amides is 1. The molecule has 1 atom stereocenters. The molecule has 0 aliphatic rings. The number of anilines is 1. The lowest BCUT2D eigenvalue weighted by atomic mass is 10.1. The maximum absolute atomic E-state index is 12.9. The van der Waals surface area contributed by atoms with Crippen molar-refractivity contribution >= 4 is 23.5 Å². The lowest BCUT2D eigenvalue weighted by molar-refractivity contribution is 0.0319. The van der Waals surface area contributed by atoms with E-state index in [0.29, 0.717) is 5.69 Å². The Morgan fingerprint density at radius 3 is 2.00 bits per heavy atom. The number of rotatable bonds is 5. The van der Waals surface area contributed by atoms with Gasteiger partial charge in [-0.2, -0.15) is 0 Å². The Morgan fingerprint density at radius 2 is 1.46 bits per heavy atom. The number of ketones is 1. The van der Waals surface area contributed by atoms with Gasteiger partial charge >= 0.3 is 12.1 Å². The van der Waals surface area contributed by atoms with Gasteiger partial charge in [-0.1, -0.05) is 0 Å². The normalized spacial score (nSPS) is 12.0. The largest absolute Gasteiger partial charge is 0.451 e. The highest BCUT2D eigenvalue weighted by molar-refractivity contribution is 6.01. The molecule has 0 radical (unpaired) electrons. The molecule has 1 amide bonds. The summed E-state index contributed by atoms with van der Waals surface area (Å²) >= 11 is 0. The molecule has 0 saturated carbocycles. The molecule has 7 heteroatoms. The van der Waals surface area contributed by atoms with Crippen molar-refractivity contribution in [2.75, 3.05) is 5.32 Å². The van der Waals surface area contributed by atoms with Crippen LogP contribution in [-0.4, -0.2) is 29.6 Å². The van der Waals surface area contributed by atoms with Crippen LogP contribution in [0.25, 0.3) is 0 Å². The van der Waals surface area contributed by atoms with Crippen molar-refractivity contribution in [3.05, 3.63) is 65.5 Å². The van der Waals surface area contributed by atoms with E-state index in [9.17, 15) is 18.8 Å². The smallest absolute Gasteiger partial charge is 0.412 e. The van der Waals surface area contributed by atoms with Crippen LogP contribution in [0.1, 0.15) is 48.4 Å². The van der Waals surface area contributed by atoms with Crippen LogP contribution >= 0.6 is 0 Å². The lowest BCUT2D eigenvalue weighted by Crippen LogP contribution is -2.27. The minimum absolute atomic E-state index is 0.216. The van der Waals surface area contributed by atoms with E-state index in [1.165, 1.54) is 43.3 Å². The van der Waals surface area contributed by atoms with E-state index in [0.717, 1.165) is 12.1 Å². The second kappa shape index (κ2) is 8.65. The fourth-order valence-electron chi connectivity index (χ4n) is 2.24. The average molecular weight is 387 g/mol. The first-order chi connectivity index (χ1) is 13.0. The van der Waals surface area contributed by atoms with E-state index in [4.69, 9.17) is 9.47 Å². The average Bonchev–Trinajstić information content (AvgIpc) is 2.60. The Hall–Kier alpha value is -3.22. The van der Waals surface area contributed by atoms with E-state index in [2.05, 4.69) is 5.32 Å². The molecule has 2 aromatic carbocycles. The van der Waals surface area contributed by atoms with Gasteiger partial charge in [0.2, 0.25) is 5.78 Å². The molecule has 0 heterocycles. The molecule has 0 aliphatic carbocycles. The second-order valence-electron chi connectivity index (χ2n) is 7.12. The van der Waals surface area contributed by atoms with Gasteiger partial charge in [0.25, 0.3) is 0 Å². The maximum Gasteiger partial charge on any atom is 0.412 e. The predicted octanol–water partition coefficient (Wildman–Crippen LogP) is 4.60. The van der Waals surface area contributed by atoms with Crippen molar-refractivity contribution in [2.45, 2.75) is 39.4 Å². The van der Waals surface area contributed by atoms with Crippen molar-refractivity contribution in [2.24, 2.45) is 0 Å². The standard InChI is InChI=1S/C21H22FNO5/c1-13(18(24)14-5-9-16(22)10-6-14)27-19(25)15-7-11-17(12-8-15)23-20(26)28-21(2,3)4/h5-13H,1-4H3,(H,23,26)/t13-/m1/s1. The summed E-state index contributed by atoms with van der Waals surface area (Å²) in [6, 6.07) is 11.0. The Bertz CT molecular complexity index is 854. The molecule has 0 bridgehead atoms. The lowest BCUT2D eigenvalue weighted by Gasteiger charge is -2.19. The number of esters is 1. The summed E-state index contributed by atoms with van der Waals surface area (Å²) in [5.74, 6) is -1.58. The number of Topliss-reactive ketones (excluding diaryl/α,β-unsaturated/α-hetero) is 1. The van der Waals surface area contributed by atoms with Crippen LogP contribution in [0.15, 0.2) is 48.5 Å². The topological polar surface area (TPSA) is 81.7 Å². The Labute approximate surface area is 162 Å². The zero-order chi connectivity index (χ0) is 20.9. The molecule has 0 saturated heterocycles. The fourth-order valence-corrected chi connectivity index (χ4v) is 2.24. The van der Waals surface area contributed by atoms with E-state index < -0.39 is 35.4 Å². The second-order valence-corrected chi connectivity index (χ2v) is 7.12. The number of hydrogen-bond donors (Lipinski definition) is 1. The summed E-state index contributed by atoms with van der Waals surface area (Å²) in [5, 5.41) is 2.55. The van der Waals surface area contributed by atoms with Crippen LogP contribution < -0.4 is 5.32 Å². The first kappa shape index (κ1) is 21.1. The number of nitrogens with one attached hydrogen (secondary N) is 1. The first-order valence-electron chi connectivity index (χ1n) is 8.66. The molecule has 0 aromatic heterocycles. The van der Waals surface area contributed by atoms with Crippen LogP contribution in [0.5, 0.6) is 0 Å². The monoisotopic (exact) mass is 387 g/mol. The van der Waals surface area contributed by atoms with Gasteiger partial charge in [-0.25, -0.2) is 14.0 Å². The highest BCUT2D eigenvalue weighted by atomic mass is 19.1. The fraction of sp³-hybridized carbons (Fsp3) is 0.286. The molecule has 2 aromatic rings. The summed E-state index contributed by atoms with van der Waals surface area (Å²) in [6.07, 6.45) is -1.64. The summed E-state index contributed by atoms with van der Waals surface area (Å²) < 4.78 is 23.3. The molecular weight excluding hydrogens is 365 g/mol. The molecule has 148 valence electrons. The van der Waals surface area contributed by atoms with E-state index in [-0.39, 0.29) is 11.1 Å². The first-order valence-corrected chi connectivity index (χ1v) is 8.66. The molecule has 28 heavy (non-hydrogen) atoms. The number of carbonyl (C=O) groups is 3. The third-order valence-corrected chi connectivity index (χ3v) is 3.55. The zero-order valence-corrected chi connectivity index (χ0v) is 16.1. The molecule has 0 unspecified atom stereocenters. The van der Waals surface area contributed by atoms with Crippen molar-refractivity contribution in [1.29, 1.82) is 0 Å². The van der Waals surface area contributed by atoms with Gasteiger partial charge in [-0.3, -0.25) is 10.1 Å². The Balaban J connectivity index is 1.96. The molecule has 0 aliphatic heterocycles. The number of benzene rings is 2. The summed E-state index contributed by atoms with van der Waals surface area (Å²) in [7, 11) is 0. The van der Waals surface area contributed by atoms with Crippen LogP contribution in [0.2, 0.25) is 0 Å². The molecule has 0 spiro atoms. The molecule has 2 rings (SSSR count). The summed E-state index contributed by atoms with van der Waals surface area (Å²) in [4.78, 5) is 36.2. The Morgan fingerprint density at radius 1 is 0.929 bits per heavy atom. The van der Waals surface area contributed by atoms with E-state index >= 15 is 0 Å². The van der Waals surface area contributed by atoms with Crippen molar-refractivity contribution in [1.82, 2.24) is 0 Å². The third kappa shape index (κ3) is 6.19. The van der Waals surface area contributed by atoms with Gasteiger partial charge < -0.3 is 9.47 Å². The minimum atomic E-state index is -1.03. The third-order valence-electron chi connectivity index (χ3n) is 3.55. The number of ether oxygens (including phenoxy) is 2. The molecular formula is C21H22FNO5.